The van der Waals surface area contributed by atoms with Crippen LogP contribution in [0.5, 0.6) is 0 Å². The van der Waals surface area contributed by atoms with Crippen LogP contribution in [0.1, 0.15) is 24.9 Å². The summed E-state index contributed by atoms with van der Waals surface area (Å²) in [4.78, 5) is 36.5. The van der Waals surface area contributed by atoms with Gasteiger partial charge >= 0.3 is 5.97 Å². The highest BCUT2D eigenvalue weighted by atomic mass is 16.5. The molecule has 1 aliphatic heterocycles. The number of nitrogens with one attached hydrogen (secondary N) is 1. The van der Waals surface area contributed by atoms with Crippen LogP contribution in [-0.4, -0.2) is 53.6 Å². The molecule has 0 aromatic heterocycles. The Labute approximate surface area is 134 Å². The molecule has 1 fully saturated rings. The van der Waals surface area contributed by atoms with Crippen LogP contribution < -0.4 is 5.32 Å². The van der Waals surface area contributed by atoms with Gasteiger partial charge in [0, 0.05) is 13.5 Å². The highest BCUT2D eigenvalue weighted by molar-refractivity contribution is 5.85. The number of ether oxygens (including phenoxy) is 1. The maximum atomic E-state index is 12.5. The summed E-state index contributed by atoms with van der Waals surface area (Å²) >= 11 is 0. The minimum Gasteiger partial charge on any atom is -0.480 e. The molecule has 7 heteroatoms. The smallest absolute Gasteiger partial charge is 0.328 e. The fourth-order valence-electron chi connectivity index (χ4n) is 2.58. The first-order chi connectivity index (χ1) is 11.0. The quantitative estimate of drug-likeness (QED) is 0.827. The largest absolute Gasteiger partial charge is 0.480 e. The molecule has 1 aromatic rings. The Morgan fingerprint density at radius 3 is 2.65 bits per heavy atom. The van der Waals surface area contributed by atoms with E-state index in [4.69, 9.17) is 4.74 Å². The predicted octanol–water partition coefficient (Wildman–Crippen LogP) is 0.566. The van der Waals surface area contributed by atoms with Crippen LogP contribution in [0, 0.1) is 0 Å². The van der Waals surface area contributed by atoms with Crippen LogP contribution in [0.4, 0.5) is 0 Å². The first kappa shape index (κ1) is 17.0. The van der Waals surface area contributed by atoms with Crippen LogP contribution in [0.3, 0.4) is 0 Å². The summed E-state index contributed by atoms with van der Waals surface area (Å²) in [6.07, 6.45) is 0.00731. The lowest BCUT2D eigenvalue weighted by atomic mass is 10.0. The molecular weight excluding hydrogens is 300 g/mol. The Morgan fingerprint density at radius 1 is 1.35 bits per heavy atom. The minimum absolute atomic E-state index is 0.00731. The molecule has 1 aromatic carbocycles. The van der Waals surface area contributed by atoms with E-state index >= 15 is 0 Å². The van der Waals surface area contributed by atoms with E-state index in [0.717, 1.165) is 5.56 Å². The first-order valence-corrected chi connectivity index (χ1v) is 7.41. The Balaban J connectivity index is 2.13. The van der Waals surface area contributed by atoms with Gasteiger partial charge in [-0.3, -0.25) is 9.59 Å². The van der Waals surface area contributed by atoms with Gasteiger partial charge in [0.2, 0.25) is 11.8 Å². The topological polar surface area (TPSA) is 95.9 Å². The lowest BCUT2D eigenvalue weighted by Gasteiger charge is -2.34. The van der Waals surface area contributed by atoms with E-state index < -0.39 is 18.1 Å². The van der Waals surface area contributed by atoms with E-state index in [1.165, 1.54) is 11.8 Å². The zero-order valence-electron chi connectivity index (χ0n) is 12.9. The lowest BCUT2D eigenvalue weighted by Crippen LogP contribution is -2.53. The average molecular weight is 320 g/mol. The van der Waals surface area contributed by atoms with Gasteiger partial charge in [0.15, 0.2) is 6.04 Å². The summed E-state index contributed by atoms with van der Waals surface area (Å²) in [7, 11) is 0. The maximum Gasteiger partial charge on any atom is 0.328 e. The fraction of sp³-hybridized carbons (Fsp3) is 0.438. The summed E-state index contributed by atoms with van der Waals surface area (Å²) in [5, 5.41) is 12.0. The number of carboxylic acid groups (broad SMARTS) is 1. The van der Waals surface area contributed by atoms with Crippen LogP contribution >= 0.6 is 0 Å². The molecule has 1 aliphatic rings. The van der Waals surface area contributed by atoms with Crippen molar-refractivity contribution >= 4 is 17.8 Å². The number of benzene rings is 1. The maximum absolute atomic E-state index is 12.5. The van der Waals surface area contributed by atoms with E-state index in [1.54, 1.807) is 0 Å². The Kier molecular flexibility index (Phi) is 5.70. The number of carbonyl (C=O) groups is 3. The number of amides is 2. The first-order valence-electron chi connectivity index (χ1n) is 7.41. The third-order valence-corrected chi connectivity index (χ3v) is 3.69. The summed E-state index contributed by atoms with van der Waals surface area (Å²) in [5.41, 5.74) is 0.802. The molecule has 7 nitrogen and oxygen atoms in total. The van der Waals surface area contributed by atoms with Crippen molar-refractivity contribution in [3.63, 3.8) is 0 Å². The zero-order chi connectivity index (χ0) is 16.8. The molecule has 23 heavy (non-hydrogen) atoms. The molecule has 1 heterocycles. The average Bonchev–Trinajstić information content (AvgIpc) is 2.54. The Bertz CT molecular complexity index is 575. The zero-order valence-corrected chi connectivity index (χ0v) is 12.9. The molecule has 0 unspecified atom stereocenters. The molecule has 0 aliphatic carbocycles. The minimum atomic E-state index is -1.09. The number of nitrogens with zero attached hydrogens (tertiary/aromatic N) is 1. The Hall–Kier alpha value is -2.41. The van der Waals surface area contributed by atoms with Gasteiger partial charge in [0.1, 0.15) is 0 Å². The molecule has 0 bridgehead atoms. The molecule has 2 rings (SSSR count). The second kappa shape index (κ2) is 7.73. The number of hydrogen-bond donors (Lipinski definition) is 2. The van der Waals surface area contributed by atoms with Gasteiger partial charge < -0.3 is 20.1 Å². The number of aliphatic carboxylic acids is 1. The van der Waals surface area contributed by atoms with Gasteiger partial charge in [-0.1, -0.05) is 30.3 Å². The van der Waals surface area contributed by atoms with E-state index in [2.05, 4.69) is 5.32 Å². The third-order valence-electron chi connectivity index (χ3n) is 3.69. The number of carboxylic acids is 1. The normalized spacial score (nSPS) is 19.0. The predicted molar refractivity (Wildman–Crippen MR) is 81.6 cm³/mol. The summed E-state index contributed by atoms with van der Waals surface area (Å²) in [6, 6.07) is 7.67. The molecule has 0 saturated carbocycles. The lowest BCUT2D eigenvalue weighted by molar-refractivity contribution is -0.158. The summed E-state index contributed by atoms with van der Waals surface area (Å²) < 4.78 is 5.13. The second-order valence-electron chi connectivity index (χ2n) is 5.38. The van der Waals surface area contributed by atoms with Crippen molar-refractivity contribution in [2.24, 2.45) is 0 Å². The van der Waals surface area contributed by atoms with Crippen molar-refractivity contribution in [3.8, 4) is 0 Å². The van der Waals surface area contributed by atoms with Crippen molar-refractivity contribution in [1.29, 1.82) is 0 Å². The number of rotatable bonds is 5. The standard InChI is InChI=1S/C16H20N2O5/c1-11(19)17-13(12-5-3-2-4-6-12)9-15(20)18-7-8-23-10-14(18)16(21)22/h2-6,13-14H,7-10H2,1H3,(H,17,19)(H,21,22)/t13-,14-/m0/s1. The molecule has 2 atom stereocenters. The molecule has 124 valence electrons. The van der Waals surface area contributed by atoms with Crippen LogP contribution in [0.25, 0.3) is 0 Å². The van der Waals surface area contributed by atoms with Crippen molar-refractivity contribution in [2.75, 3.05) is 19.8 Å². The number of carbonyl (C=O) groups excluding carboxylic acids is 2. The molecule has 2 amide bonds. The number of morpholine rings is 1. The van der Waals surface area contributed by atoms with Gasteiger partial charge in [0.25, 0.3) is 0 Å². The molecule has 0 radical (unpaired) electrons. The van der Waals surface area contributed by atoms with Crippen molar-refractivity contribution in [3.05, 3.63) is 35.9 Å². The molecule has 2 N–H and O–H groups in total. The van der Waals surface area contributed by atoms with Crippen molar-refractivity contribution in [2.45, 2.75) is 25.4 Å². The second-order valence-corrected chi connectivity index (χ2v) is 5.38. The van der Waals surface area contributed by atoms with Gasteiger partial charge in [0.05, 0.1) is 25.7 Å². The van der Waals surface area contributed by atoms with Crippen molar-refractivity contribution in [1.82, 2.24) is 10.2 Å². The highest BCUT2D eigenvalue weighted by Crippen LogP contribution is 2.19. The summed E-state index contributed by atoms with van der Waals surface area (Å²) in [6.45, 7) is 1.91. The van der Waals surface area contributed by atoms with E-state index in [0.29, 0.717) is 6.61 Å². The van der Waals surface area contributed by atoms with Crippen molar-refractivity contribution < 1.29 is 24.2 Å². The van der Waals surface area contributed by atoms with Gasteiger partial charge in [-0.15, -0.1) is 0 Å². The van der Waals surface area contributed by atoms with Crippen LogP contribution in [0.15, 0.2) is 30.3 Å². The van der Waals surface area contributed by atoms with Gasteiger partial charge in [-0.25, -0.2) is 4.79 Å². The van der Waals surface area contributed by atoms with E-state index in [9.17, 15) is 19.5 Å². The van der Waals surface area contributed by atoms with Gasteiger partial charge in [-0.2, -0.15) is 0 Å². The van der Waals surface area contributed by atoms with E-state index in [-0.39, 0.29) is 31.4 Å². The molecular formula is C16H20N2O5. The fourth-order valence-corrected chi connectivity index (χ4v) is 2.58. The monoisotopic (exact) mass is 320 g/mol. The van der Waals surface area contributed by atoms with Crippen LogP contribution in [-0.2, 0) is 19.1 Å². The number of hydrogen-bond acceptors (Lipinski definition) is 4. The molecule has 0 spiro atoms. The highest BCUT2D eigenvalue weighted by Gasteiger charge is 2.33. The van der Waals surface area contributed by atoms with Crippen LogP contribution in [0.2, 0.25) is 0 Å². The third kappa shape index (κ3) is 4.53. The molecule has 1 saturated heterocycles. The van der Waals surface area contributed by atoms with Gasteiger partial charge in [-0.05, 0) is 5.56 Å². The van der Waals surface area contributed by atoms with E-state index in [1.807, 2.05) is 30.3 Å². The Morgan fingerprint density at radius 2 is 2.04 bits per heavy atom. The summed E-state index contributed by atoms with van der Waals surface area (Å²) in [5.74, 6) is -1.65. The SMILES string of the molecule is CC(=O)N[C@@H](CC(=O)N1CCOC[C@H]1C(=O)O)c1ccccc1.